The van der Waals surface area contributed by atoms with Gasteiger partial charge in [-0.05, 0) is 45.4 Å². The minimum atomic E-state index is -0.484. The van der Waals surface area contributed by atoms with E-state index in [1.165, 1.54) is 7.11 Å². The second-order valence-corrected chi connectivity index (χ2v) is 6.47. The predicted molar refractivity (Wildman–Crippen MR) is 76.3 cm³/mol. The minimum absolute atomic E-state index is 0.167. The fourth-order valence-electron chi connectivity index (χ4n) is 2.65. The maximum atomic E-state index is 11.7. The lowest BCUT2D eigenvalue weighted by atomic mass is 9.77. The summed E-state index contributed by atoms with van der Waals surface area (Å²) in [6.45, 7) is 6.09. The fourth-order valence-corrected chi connectivity index (χ4v) is 2.65. The molecule has 0 aromatic carbocycles. The number of amides is 1. The number of esters is 1. The Balaban J connectivity index is 2.42. The van der Waals surface area contributed by atoms with E-state index in [2.05, 4.69) is 5.32 Å². The fraction of sp³-hybridized carbons (Fsp3) is 0.867. The number of methoxy groups -OCH3 is 1. The summed E-state index contributed by atoms with van der Waals surface area (Å²) in [5, 5.41) is 2.82. The van der Waals surface area contributed by atoms with E-state index >= 15 is 0 Å². The van der Waals surface area contributed by atoms with Crippen LogP contribution in [0.1, 0.15) is 52.9 Å². The number of alkyl carbamates (subject to hydrolysis) is 1. The van der Waals surface area contributed by atoms with E-state index in [1.807, 2.05) is 20.8 Å². The molecule has 0 heterocycles. The van der Waals surface area contributed by atoms with Crippen LogP contribution in [0, 0.1) is 11.8 Å². The molecule has 1 amide bonds. The lowest BCUT2D eigenvalue weighted by Gasteiger charge is -2.31. The van der Waals surface area contributed by atoms with Crippen LogP contribution in [0.5, 0.6) is 0 Å². The molecule has 1 aliphatic rings. The SMILES string of the molecule is COC(=O)C[C@H]1CCCC[C@H]1CNC(=O)OC(C)(C)C. The van der Waals surface area contributed by atoms with Crippen molar-refractivity contribution in [3.8, 4) is 0 Å². The Morgan fingerprint density at radius 1 is 1.15 bits per heavy atom. The Kier molecular flexibility index (Phi) is 6.30. The molecule has 1 saturated carbocycles. The number of hydrogen-bond acceptors (Lipinski definition) is 4. The van der Waals surface area contributed by atoms with Gasteiger partial charge in [0.15, 0.2) is 0 Å². The third kappa shape index (κ3) is 6.26. The van der Waals surface area contributed by atoms with Gasteiger partial charge >= 0.3 is 12.1 Å². The Hall–Kier alpha value is -1.26. The molecule has 20 heavy (non-hydrogen) atoms. The standard InChI is InChI=1S/C15H27NO4/c1-15(2,3)20-14(18)16-10-12-8-6-5-7-11(12)9-13(17)19-4/h11-12H,5-10H2,1-4H3,(H,16,18)/t11-,12+/m1/s1. The molecular weight excluding hydrogens is 258 g/mol. The first-order valence-electron chi connectivity index (χ1n) is 7.35. The zero-order valence-electron chi connectivity index (χ0n) is 13.0. The number of hydrogen-bond donors (Lipinski definition) is 1. The first kappa shape index (κ1) is 16.8. The smallest absolute Gasteiger partial charge is 0.407 e. The topological polar surface area (TPSA) is 64.6 Å². The van der Waals surface area contributed by atoms with Crippen molar-refractivity contribution in [1.82, 2.24) is 5.32 Å². The summed E-state index contributed by atoms with van der Waals surface area (Å²) in [6.07, 6.45) is 4.41. The van der Waals surface area contributed by atoms with E-state index in [9.17, 15) is 9.59 Å². The van der Waals surface area contributed by atoms with Crippen LogP contribution < -0.4 is 5.32 Å². The molecule has 0 bridgehead atoms. The lowest BCUT2D eigenvalue weighted by molar-refractivity contribution is -0.142. The molecule has 116 valence electrons. The second-order valence-electron chi connectivity index (χ2n) is 6.47. The molecule has 0 aromatic rings. The summed E-state index contributed by atoms with van der Waals surface area (Å²) in [5.74, 6) is 0.459. The van der Waals surface area contributed by atoms with Crippen LogP contribution in [-0.4, -0.2) is 31.3 Å². The summed E-state index contributed by atoms with van der Waals surface area (Å²) in [5.41, 5.74) is -0.484. The van der Waals surface area contributed by atoms with Gasteiger partial charge in [-0.3, -0.25) is 4.79 Å². The van der Waals surface area contributed by atoms with Crippen molar-refractivity contribution in [2.75, 3.05) is 13.7 Å². The number of nitrogens with one attached hydrogen (secondary N) is 1. The zero-order chi connectivity index (χ0) is 15.2. The molecule has 2 atom stereocenters. The minimum Gasteiger partial charge on any atom is -0.469 e. The van der Waals surface area contributed by atoms with E-state index < -0.39 is 5.60 Å². The van der Waals surface area contributed by atoms with Crippen LogP contribution in [-0.2, 0) is 14.3 Å². The Morgan fingerprint density at radius 2 is 1.75 bits per heavy atom. The van der Waals surface area contributed by atoms with Gasteiger partial charge in [0.2, 0.25) is 0 Å². The van der Waals surface area contributed by atoms with Crippen LogP contribution in [0.4, 0.5) is 4.79 Å². The number of ether oxygens (including phenoxy) is 2. The van der Waals surface area contributed by atoms with Gasteiger partial charge in [-0.25, -0.2) is 4.79 Å². The van der Waals surface area contributed by atoms with Crippen molar-refractivity contribution in [3.05, 3.63) is 0 Å². The maximum Gasteiger partial charge on any atom is 0.407 e. The van der Waals surface area contributed by atoms with Gasteiger partial charge in [-0.1, -0.05) is 12.8 Å². The highest BCUT2D eigenvalue weighted by molar-refractivity contribution is 5.69. The van der Waals surface area contributed by atoms with Crippen LogP contribution in [0.25, 0.3) is 0 Å². The zero-order valence-corrected chi connectivity index (χ0v) is 13.0. The molecule has 0 aliphatic heterocycles. The molecule has 0 radical (unpaired) electrons. The average Bonchev–Trinajstić information content (AvgIpc) is 2.35. The van der Waals surface area contributed by atoms with E-state index in [0.717, 1.165) is 25.7 Å². The largest absolute Gasteiger partial charge is 0.469 e. The van der Waals surface area contributed by atoms with Gasteiger partial charge in [-0.2, -0.15) is 0 Å². The molecule has 0 aromatic heterocycles. The first-order chi connectivity index (χ1) is 9.31. The van der Waals surface area contributed by atoms with Crippen LogP contribution in [0.2, 0.25) is 0 Å². The van der Waals surface area contributed by atoms with Crippen LogP contribution >= 0.6 is 0 Å². The van der Waals surface area contributed by atoms with E-state index in [4.69, 9.17) is 9.47 Å². The molecule has 1 aliphatic carbocycles. The number of carbonyl (C=O) groups is 2. The van der Waals surface area contributed by atoms with Crippen molar-refractivity contribution in [2.45, 2.75) is 58.5 Å². The summed E-state index contributed by atoms with van der Waals surface area (Å²) >= 11 is 0. The van der Waals surface area contributed by atoms with Crippen molar-refractivity contribution in [1.29, 1.82) is 0 Å². The van der Waals surface area contributed by atoms with Crippen LogP contribution in [0.3, 0.4) is 0 Å². The van der Waals surface area contributed by atoms with Crippen molar-refractivity contribution >= 4 is 12.1 Å². The lowest BCUT2D eigenvalue weighted by Crippen LogP contribution is -2.38. The predicted octanol–water partition coefficient (Wildman–Crippen LogP) is 2.88. The Bertz CT molecular complexity index is 335. The summed E-state index contributed by atoms with van der Waals surface area (Å²) in [4.78, 5) is 23.1. The Morgan fingerprint density at radius 3 is 2.30 bits per heavy atom. The molecule has 5 nitrogen and oxygen atoms in total. The average molecular weight is 285 g/mol. The van der Waals surface area contributed by atoms with Gasteiger partial charge in [-0.15, -0.1) is 0 Å². The summed E-state index contributed by atoms with van der Waals surface area (Å²) < 4.78 is 9.97. The van der Waals surface area contributed by atoms with Gasteiger partial charge in [0.05, 0.1) is 7.11 Å². The Labute approximate surface area is 121 Å². The molecule has 1 rings (SSSR count). The maximum absolute atomic E-state index is 11.7. The quantitative estimate of drug-likeness (QED) is 0.807. The number of carbonyl (C=O) groups excluding carboxylic acids is 2. The van der Waals surface area contributed by atoms with E-state index in [0.29, 0.717) is 24.8 Å². The molecule has 0 spiro atoms. The molecule has 0 saturated heterocycles. The van der Waals surface area contributed by atoms with Crippen molar-refractivity contribution in [2.24, 2.45) is 11.8 Å². The highest BCUT2D eigenvalue weighted by Crippen LogP contribution is 2.32. The molecular formula is C15H27NO4. The normalized spacial score (nSPS) is 23.0. The highest BCUT2D eigenvalue weighted by Gasteiger charge is 2.28. The third-order valence-electron chi connectivity index (χ3n) is 3.63. The molecule has 5 heteroatoms. The highest BCUT2D eigenvalue weighted by atomic mass is 16.6. The van der Waals surface area contributed by atoms with E-state index in [1.54, 1.807) is 0 Å². The van der Waals surface area contributed by atoms with Crippen molar-refractivity contribution < 1.29 is 19.1 Å². The van der Waals surface area contributed by atoms with Crippen molar-refractivity contribution in [3.63, 3.8) is 0 Å². The van der Waals surface area contributed by atoms with Crippen LogP contribution in [0.15, 0.2) is 0 Å². The van der Waals surface area contributed by atoms with E-state index in [-0.39, 0.29) is 12.1 Å². The molecule has 0 unspecified atom stereocenters. The van der Waals surface area contributed by atoms with Gasteiger partial charge in [0.1, 0.15) is 5.60 Å². The molecule has 1 N–H and O–H groups in total. The number of rotatable bonds is 4. The van der Waals surface area contributed by atoms with Gasteiger partial charge in [0, 0.05) is 13.0 Å². The third-order valence-corrected chi connectivity index (χ3v) is 3.63. The summed E-state index contributed by atoms with van der Waals surface area (Å²) in [6, 6.07) is 0. The van der Waals surface area contributed by atoms with Gasteiger partial charge < -0.3 is 14.8 Å². The monoisotopic (exact) mass is 285 g/mol. The summed E-state index contributed by atoms with van der Waals surface area (Å²) in [7, 11) is 1.42. The second kappa shape index (κ2) is 7.50. The first-order valence-corrected chi connectivity index (χ1v) is 7.35. The van der Waals surface area contributed by atoms with Gasteiger partial charge in [0.25, 0.3) is 0 Å². The molecule has 1 fully saturated rings.